The number of aryl methyl sites for hydroxylation is 1. The van der Waals surface area contributed by atoms with Gasteiger partial charge in [-0.05, 0) is 61.6 Å². The lowest BCUT2D eigenvalue weighted by Crippen LogP contribution is -2.25. The third-order valence-electron chi connectivity index (χ3n) is 6.05. The predicted molar refractivity (Wildman–Crippen MR) is 100 cm³/mol. The van der Waals surface area contributed by atoms with Gasteiger partial charge in [-0.2, -0.15) is 0 Å². The van der Waals surface area contributed by atoms with E-state index < -0.39 is 8.80 Å². The fourth-order valence-corrected chi connectivity index (χ4v) is 6.16. The van der Waals surface area contributed by atoms with Gasteiger partial charge >= 0.3 is 0 Å². The summed E-state index contributed by atoms with van der Waals surface area (Å²) in [5, 5.41) is 1.59. The molecule has 1 heterocycles. The summed E-state index contributed by atoms with van der Waals surface area (Å²) in [4.78, 5) is 3.30. The van der Waals surface area contributed by atoms with Gasteiger partial charge < -0.3 is 4.98 Å². The van der Waals surface area contributed by atoms with Gasteiger partial charge in [-0.15, -0.1) is 0 Å². The number of allylic oxidation sites excluding steroid dienone is 4. The minimum atomic E-state index is -0.914. The summed E-state index contributed by atoms with van der Waals surface area (Å²) < 4.78 is 0. The predicted octanol–water partition coefficient (Wildman–Crippen LogP) is 5.65. The third kappa shape index (κ3) is 1.83. The van der Waals surface area contributed by atoms with Gasteiger partial charge in [0.1, 0.15) is 0 Å². The SMILES string of the molecule is CC1=C(C)C(C)([SiH](C)C)C(c2cccc3[nH][c]c(C)c23)=C1C. The van der Waals surface area contributed by atoms with Gasteiger partial charge in [0, 0.05) is 24.7 Å². The van der Waals surface area contributed by atoms with Gasteiger partial charge in [0.15, 0.2) is 0 Å². The topological polar surface area (TPSA) is 15.8 Å². The second-order valence-electron chi connectivity index (χ2n) is 7.21. The smallest absolute Gasteiger partial charge is 0.0663 e. The number of benzene rings is 1. The van der Waals surface area contributed by atoms with Crippen molar-refractivity contribution in [3.05, 3.63) is 52.2 Å². The standard InChI is InChI=1S/C20H26NSi/c1-12-11-21-17-10-8-9-16(18(12)17)19-14(3)13(2)15(4)20(19,5)22(6)7/h8-10,21-22H,1-7H3. The number of rotatable bonds is 2. The molecule has 0 spiro atoms. The summed E-state index contributed by atoms with van der Waals surface area (Å²) in [7, 11) is -0.914. The summed E-state index contributed by atoms with van der Waals surface area (Å²) in [5.74, 6) is 0. The molecule has 1 N–H and O–H groups in total. The summed E-state index contributed by atoms with van der Waals surface area (Å²) in [6.45, 7) is 16.5. The molecule has 0 saturated carbocycles. The van der Waals surface area contributed by atoms with E-state index in [4.69, 9.17) is 0 Å². The quantitative estimate of drug-likeness (QED) is 0.690. The third-order valence-corrected chi connectivity index (χ3v) is 9.08. The molecule has 3 rings (SSSR count). The van der Waals surface area contributed by atoms with Crippen molar-refractivity contribution >= 4 is 25.3 Å². The Hall–Kier alpha value is -1.54. The van der Waals surface area contributed by atoms with Gasteiger partial charge in [-0.1, -0.05) is 37.7 Å². The van der Waals surface area contributed by atoms with Crippen molar-refractivity contribution < 1.29 is 0 Å². The maximum atomic E-state index is 3.30. The molecule has 1 aromatic heterocycles. The molecule has 1 radical (unpaired) electrons. The highest BCUT2D eigenvalue weighted by Crippen LogP contribution is 2.59. The number of aromatic nitrogens is 1. The Kier molecular flexibility index (Phi) is 3.48. The molecular weight excluding hydrogens is 282 g/mol. The second-order valence-corrected chi connectivity index (χ2v) is 10.7. The van der Waals surface area contributed by atoms with Crippen LogP contribution in [0, 0.1) is 13.1 Å². The van der Waals surface area contributed by atoms with E-state index in [1.165, 1.54) is 33.2 Å². The van der Waals surface area contributed by atoms with Crippen LogP contribution in [0.25, 0.3) is 16.5 Å². The number of hydrogen-bond donors (Lipinski definition) is 1. The first-order valence-corrected chi connectivity index (χ1v) is 11.1. The fourth-order valence-electron chi connectivity index (χ4n) is 4.13. The van der Waals surface area contributed by atoms with E-state index in [2.05, 4.69) is 77.1 Å². The summed E-state index contributed by atoms with van der Waals surface area (Å²) in [6.07, 6.45) is 3.28. The highest BCUT2D eigenvalue weighted by Gasteiger charge is 2.42. The van der Waals surface area contributed by atoms with Gasteiger partial charge in [-0.25, -0.2) is 0 Å². The monoisotopic (exact) mass is 308 g/mol. The zero-order valence-electron chi connectivity index (χ0n) is 14.8. The van der Waals surface area contributed by atoms with E-state index in [0.29, 0.717) is 0 Å². The molecule has 0 saturated heterocycles. The Labute approximate surface area is 135 Å². The lowest BCUT2D eigenvalue weighted by molar-refractivity contribution is 0.893. The van der Waals surface area contributed by atoms with Crippen molar-refractivity contribution in [1.29, 1.82) is 0 Å². The van der Waals surface area contributed by atoms with Crippen LogP contribution in [0.2, 0.25) is 18.1 Å². The van der Waals surface area contributed by atoms with Crippen LogP contribution in [0.1, 0.15) is 38.8 Å². The van der Waals surface area contributed by atoms with E-state index in [1.807, 2.05) is 0 Å². The number of hydrogen-bond acceptors (Lipinski definition) is 0. The molecule has 1 unspecified atom stereocenters. The van der Waals surface area contributed by atoms with Crippen LogP contribution in [0.15, 0.2) is 34.9 Å². The fraction of sp³-hybridized carbons (Fsp3) is 0.400. The molecule has 2 aromatic rings. The van der Waals surface area contributed by atoms with Crippen LogP contribution in [0.5, 0.6) is 0 Å². The maximum Gasteiger partial charge on any atom is 0.0663 e. The highest BCUT2D eigenvalue weighted by atomic mass is 28.3. The van der Waals surface area contributed by atoms with Crippen LogP contribution in [-0.4, -0.2) is 13.8 Å². The van der Waals surface area contributed by atoms with E-state index in [9.17, 15) is 0 Å². The molecule has 1 nitrogen and oxygen atoms in total. The van der Waals surface area contributed by atoms with Crippen LogP contribution >= 0.6 is 0 Å². The van der Waals surface area contributed by atoms with Crippen molar-refractivity contribution in [3.8, 4) is 0 Å². The molecule has 0 fully saturated rings. The average molecular weight is 309 g/mol. The minimum Gasteiger partial charge on any atom is -0.353 e. The largest absolute Gasteiger partial charge is 0.353 e. The van der Waals surface area contributed by atoms with Crippen LogP contribution in [-0.2, 0) is 0 Å². The van der Waals surface area contributed by atoms with Crippen molar-refractivity contribution in [2.24, 2.45) is 0 Å². The molecule has 0 amide bonds. The van der Waals surface area contributed by atoms with E-state index in [1.54, 1.807) is 11.1 Å². The minimum absolute atomic E-state index is 0.242. The van der Waals surface area contributed by atoms with E-state index in [0.717, 1.165) is 0 Å². The van der Waals surface area contributed by atoms with Gasteiger partial charge in [0.05, 0.1) is 6.20 Å². The summed E-state index contributed by atoms with van der Waals surface area (Å²) in [5.41, 5.74) is 9.94. The van der Waals surface area contributed by atoms with Crippen LogP contribution in [0.3, 0.4) is 0 Å². The molecule has 22 heavy (non-hydrogen) atoms. The Morgan fingerprint density at radius 2 is 1.73 bits per heavy atom. The molecule has 1 atom stereocenters. The molecule has 1 aliphatic carbocycles. The van der Waals surface area contributed by atoms with E-state index >= 15 is 0 Å². The Morgan fingerprint density at radius 1 is 1.05 bits per heavy atom. The van der Waals surface area contributed by atoms with Crippen molar-refractivity contribution in [3.63, 3.8) is 0 Å². The molecule has 2 heteroatoms. The van der Waals surface area contributed by atoms with Crippen LogP contribution in [0.4, 0.5) is 0 Å². The zero-order chi connectivity index (χ0) is 16.2. The van der Waals surface area contributed by atoms with Gasteiger partial charge in [0.25, 0.3) is 0 Å². The molecule has 1 aliphatic rings. The first-order chi connectivity index (χ1) is 10.3. The summed E-state index contributed by atoms with van der Waals surface area (Å²) in [6, 6.07) is 6.63. The van der Waals surface area contributed by atoms with E-state index in [-0.39, 0.29) is 5.04 Å². The molecule has 1 aromatic carbocycles. The number of fused-ring (bicyclic) bond motifs is 1. The second kappa shape index (κ2) is 4.99. The Morgan fingerprint density at radius 3 is 2.36 bits per heavy atom. The molecular formula is C20H26NSi. The first kappa shape index (κ1) is 15.4. The Bertz CT molecular complexity index is 819. The van der Waals surface area contributed by atoms with Crippen molar-refractivity contribution in [2.45, 2.75) is 52.8 Å². The maximum absolute atomic E-state index is 3.30. The number of aromatic amines is 1. The molecule has 115 valence electrons. The lowest BCUT2D eigenvalue weighted by atomic mass is 9.88. The highest BCUT2D eigenvalue weighted by molar-refractivity contribution is 6.63. The van der Waals surface area contributed by atoms with Gasteiger partial charge in [0.2, 0.25) is 0 Å². The molecule has 0 aliphatic heterocycles. The van der Waals surface area contributed by atoms with Gasteiger partial charge in [-0.3, -0.25) is 0 Å². The lowest BCUT2D eigenvalue weighted by Gasteiger charge is -2.35. The Balaban J connectivity index is 2.37. The van der Waals surface area contributed by atoms with Crippen molar-refractivity contribution in [1.82, 2.24) is 4.98 Å². The first-order valence-electron chi connectivity index (χ1n) is 8.19. The molecule has 0 bridgehead atoms. The summed E-state index contributed by atoms with van der Waals surface area (Å²) >= 11 is 0. The number of H-pyrrole nitrogens is 1. The van der Waals surface area contributed by atoms with Crippen molar-refractivity contribution in [2.75, 3.05) is 0 Å². The van der Waals surface area contributed by atoms with Crippen LogP contribution < -0.4 is 0 Å². The average Bonchev–Trinajstić information content (AvgIpc) is 2.94. The zero-order valence-corrected chi connectivity index (χ0v) is 16.0. The normalized spacial score (nSPS) is 22.5. The number of nitrogens with one attached hydrogen (secondary N) is 1.